The second-order valence-electron chi connectivity index (χ2n) is 5.74. The number of anilines is 1. The van der Waals surface area contributed by atoms with Gasteiger partial charge in [-0.25, -0.2) is 0 Å². The van der Waals surface area contributed by atoms with Crippen LogP contribution in [-0.4, -0.2) is 7.11 Å². The molecule has 0 saturated heterocycles. The highest BCUT2D eigenvalue weighted by atomic mass is 16.5. The molecule has 2 aromatic rings. The highest BCUT2D eigenvalue weighted by Crippen LogP contribution is 2.35. The maximum Gasteiger partial charge on any atom is 0.154 e. The third-order valence-corrected chi connectivity index (χ3v) is 3.99. The summed E-state index contributed by atoms with van der Waals surface area (Å²) in [4.78, 5) is 0. The minimum atomic E-state index is 0.174. The smallest absolute Gasteiger partial charge is 0.154 e. The summed E-state index contributed by atoms with van der Waals surface area (Å²) in [6.45, 7) is 6.67. The monoisotopic (exact) mass is 285 g/mol. The van der Waals surface area contributed by atoms with Crippen LogP contribution in [0.5, 0.6) is 17.2 Å². The fraction of sp³-hybridized carbons (Fsp3) is 0.333. The Hall–Kier alpha value is -2.16. The average molecular weight is 285 g/mol. The van der Waals surface area contributed by atoms with Crippen molar-refractivity contribution >= 4 is 5.69 Å². The number of para-hydroxylation sites is 1. The predicted molar refractivity (Wildman–Crippen MR) is 87.2 cm³/mol. The van der Waals surface area contributed by atoms with Gasteiger partial charge in [0, 0.05) is 0 Å². The van der Waals surface area contributed by atoms with Crippen LogP contribution >= 0.6 is 0 Å². The molecule has 0 unspecified atom stereocenters. The lowest BCUT2D eigenvalue weighted by molar-refractivity contribution is 0.412. The molecule has 2 rings (SSSR count). The first-order valence-corrected chi connectivity index (χ1v) is 7.19. The fourth-order valence-corrected chi connectivity index (χ4v) is 2.10. The lowest BCUT2D eigenvalue weighted by Crippen LogP contribution is -2.14. The first-order valence-electron chi connectivity index (χ1n) is 7.19. The van der Waals surface area contributed by atoms with Crippen molar-refractivity contribution < 1.29 is 9.47 Å². The predicted octanol–water partition coefficient (Wildman–Crippen LogP) is 4.76. The Bertz CT molecular complexity index is 603. The molecule has 2 aromatic carbocycles. The van der Waals surface area contributed by atoms with Crippen molar-refractivity contribution in [3.8, 4) is 17.2 Å². The van der Waals surface area contributed by atoms with Crippen LogP contribution < -0.4 is 15.2 Å². The minimum absolute atomic E-state index is 0.174. The molecule has 3 heteroatoms. The van der Waals surface area contributed by atoms with Gasteiger partial charge in [-0.2, -0.15) is 0 Å². The molecule has 0 aliphatic heterocycles. The van der Waals surface area contributed by atoms with Crippen LogP contribution in [0.1, 0.15) is 32.8 Å². The Morgan fingerprint density at radius 3 is 2.19 bits per heavy atom. The van der Waals surface area contributed by atoms with E-state index in [9.17, 15) is 0 Å². The van der Waals surface area contributed by atoms with E-state index in [0.29, 0.717) is 17.2 Å². The molecule has 112 valence electrons. The SMILES string of the molecule is CCC(C)(C)c1ccc(Oc2cccc(OC)c2N)cc1. The van der Waals surface area contributed by atoms with Crippen LogP contribution in [0, 0.1) is 0 Å². The molecule has 0 amide bonds. The molecular formula is C18H23NO2. The van der Waals surface area contributed by atoms with Crippen LogP contribution in [0.3, 0.4) is 0 Å². The van der Waals surface area contributed by atoms with Crippen molar-refractivity contribution in [1.82, 2.24) is 0 Å². The van der Waals surface area contributed by atoms with E-state index in [1.54, 1.807) is 7.11 Å². The topological polar surface area (TPSA) is 44.5 Å². The molecule has 0 fully saturated rings. The number of hydrogen-bond acceptors (Lipinski definition) is 3. The van der Waals surface area contributed by atoms with Crippen molar-refractivity contribution in [3.05, 3.63) is 48.0 Å². The van der Waals surface area contributed by atoms with Crippen LogP contribution in [0.4, 0.5) is 5.69 Å². The maximum absolute atomic E-state index is 6.01. The second-order valence-corrected chi connectivity index (χ2v) is 5.74. The Labute approximate surface area is 126 Å². The molecular weight excluding hydrogens is 262 g/mol. The van der Waals surface area contributed by atoms with Gasteiger partial charge in [-0.05, 0) is 41.7 Å². The van der Waals surface area contributed by atoms with Crippen molar-refractivity contribution in [3.63, 3.8) is 0 Å². The van der Waals surface area contributed by atoms with Gasteiger partial charge < -0.3 is 15.2 Å². The highest BCUT2D eigenvalue weighted by Gasteiger charge is 2.17. The Morgan fingerprint density at radius 2 is 1.62 bits per heavy atom. The highest BCUT2D eigenvalue weighted by molar-refractivity contribution is 5.63. The molecule has 21 heavy (non-hydrogen) atoms. The first kappa shape index (κ1) is 15.2. The van der Waals surface area contributed by atoms with Crippen molar-refractivity contribution in [2.45, 2.75) is 32.6 Å². The lowest BCUT2D eigenvalue weighted by atomic mass is 9.82. The van der Waals surface area contributed by atoms with E-state index in [2.05, 4.69) is 32.9 Å². The zero-order valence-electron chi connectivity index (χ0n) is 13.1. The van der Waals surface area contributed by atoms with Gasteiger partial charge in [0.25, 0.3) is 0 Å². The number of ether oxygens (including phenoxy) is 2. The number of hydrogen-bond donors (Lipinski definition) is 1. The number of rotatable bonds is 5. The van der Waals surface area contributed by atoms with Gasteiger partial charge in [0.05, 0.1) is 7.11 Å². The zero-order chi connectivity index (χ0) is 15.5. The fourth-order valence-electron chi connectivity index (χ4n) is 2.10. The Balaban J connectivity index is 2.22. The van der Waals surface area contributed by atoms with Crippen LogP contribution in [0.25, 0.3) is 0 Å². The Morgan fingerprint density at radius 1 is 1.00 bits per heavy atom. The summed E-state index contributed by atoms with van der Waals surface area (Å²) in [5.74, 6) is 2.00. The molecule has 0 spiro atoms. The quantitative estimate of drug-likeness (QED) is 0.806. The molecule has 0 aromatic heterocycles. The molecule has 0 saturated carbocycles. The van der Waals surface area contributed by atoms with E-state index >= 15 is 0 Å². The van der Waals surface area contributed by atoms with E-state index in [-0.39, 0.29) is 5.41 Å². The van der Waals surface area contributed by atoms with E-state index in [4.69, 9.17) is 15.2 Å². The van der Waals surface area contributed by atoms with Crippen molar-refractivity contribution in [1.29, 1.82) is 0 Å². The van der Waals surface area contributed by atoms with Crippen LogP contribution in [0.15, 0.2) is 42.5 Å². The van der Waals surface area contributed by atoms with Gasteiger partial charge in [0.2, 0.25) is 0 Å². The number of nitrogens with two attached hydrogens (primary N) is 1. The molecule has 2 N–H and O–H groups in total. The van der Waals surface area contributed by atoms with Gasteiger partial charge in [-0.3, -0.25) is 0 Å². The van der Waals surface area contributed by atoms with Gasteiger partial charge >= 0.3 is 0 Å². The Kier molecular flexibility index (Phi) is 4.41. The standard InChI is InChI=1S/C18H23NO2/c1-5-18(2,3)13-9-11-14(12-10-13)21-16-8-6-7-15(20-4)17(16)19/h6-12H,5,19H2,1-4H3. The molecule has 0 aliphatic carbocycles. The molecule has 0 bridgehead atoms. The second kappa shape index (κ2) is 6.08. The third kappa shape index (κ3) is 3.30. The first-order chi connectivity index (χ1) is 9.97. The number of benzene rings is 2. The van der Waals surface area contributed by atoms with Gasteiger partial charge in [0.1, 0.15) is 17.2 Å². The summed E-state index contributed by atoms with van der Waals surface area (Å²) in [6.07, 6.45) is 1.09. The average Bonchev–Trinajstić information content (AvgIpc) is 2.50. The number of methoxy groups -OCH3 is 1. The summed E-state index contributed by atoms with van der Waals surface area (Å²) in [5.41, 5.74) is 8.00. The van der Waals surface area contributed by atoms with Gasteiger partial charge in [0.15, 0.2) is 5.75 Å². The normalized spacial score (nSPS) is 11.2. The molecule has 0 radical (unpaired) electrons. The van der Waals surface area contributed by atoms with E-state index in [1.165, 1.54) is 5.56 Å². The summed E-state index contributed by atoms with van der Waals surface area (Å²) in [7, 11) is 1.59. The summed E-state index contributed by atoms with van der Waals surface area (Å²) < 4.78 is 11.0. The number of nitrogen functional groups attached to an aromatic ring is 1. The van der Waals surface area contributed by atoms with E-state index in [1.807, 2.05) is 30.3 Å². The summed E-state index contributed by atoms with van der Waals surface area (Å²) in [5, 5.41) is 0. The lowest BCUT2D eigenvalue weighted by Gasteiger charge is -2.23. The van der Waals surface area contributed by atoms with E-state index in [0.717, 1.165) is 12.2 Å². The van der Waals surface area contributed by atoms with Gasteiger partial charge in [-0.1, -0.05) is 39.0 Å². The molecule has 0 atom stereocenters. The zero-order valence-corrected chi connectivity index (χ0v) is 13.1. The van der Waals surface area contributed by atoms with Crippen LogP contribution in [-0.2, 0) is 5.41 Å². The largest absolute Gasteiger partial charge is 0.494 e. The third-order valence-electron chi connectivity index (χ3n) is 3.99. The summed E-state index contributed by atoms with van der Waals surface area (Å²) in [6, 6.07) is 13.7. The van der Waals surface area contributed by atoms with Gasteiger partial charge in [-0.15, -0.1) is 0 Å². The maximum atomic E-state index is 6.01. The van der Waals surface area contributed by atoms with Crippen LogP contribution in [0.2, 0.25) is 0 Å². The van der Waals surface area contributed by atoms with Crippen molar-refractivity contribution in [2.24, 2.45) is 0 Å². The molecule has 0 aliphatic rings. The molecule has 0 heterocycles. The molecule has 3 nitrogen and oxygen atoms in total. The summed E-state index contributed by atoms with van der Waals surface area (Å²) >= 11 is 0. The van der Waals surface area contributed by atoms with Crippen molar-refractivity contribution in [2.75, 3.05) is 12.8 Å². The minimum Gasteiger partial charge on any atom is -0.494 e. The van der Waals surface area contributed by atoms with E-state index < -0.39 is 0 Å².